The van der Waals surface area contributed by atoms with E-state index in [1.165, 1.54) is 16.4 Å². The lowest BCUT2D eigenvalue weighted by atomic mass is 9.69. The molecule has 6 rings (SSSR count). The number of anilines is 1. The third kappa shape index (κ3) is 4.45. The molecular formula is C29H31FN4O4S. The van der Waals surface area contributed by atoms with Crippen molar-refractivity contribution >= 4 is 27.8 Å². The predicted octanol–water partition coefficient (Wildman–Crippen LogP) is 4.20. The summed E-state index contributed by atoms with van der Waals surface area (Å²) < 4.78 is 50.0. The quantitative estimate of drug-likeness (QED) is 0.428. The predicted molar refractivity (Wildman–Crippen MR) is 146 cm³/mol. The van der Waals surface area contributed by atoms with Crippen LogP contribution >= 0.6 is 0 Å². The Labute approximate surface area is 227 Å². The molecule has 204 valence electrons. The van der Waals surface area contributed by atoms with E-state index < -0.39 is 21.4 Å². The maximum atomic E-state index is 13.9. The first kappa shape index (κ1) is 25.8. The third-order valence-corrected chi connectivity index (χ3v) is 9.89. The van der Waals surface area contributed by atoms with Crippen molar-refractivity contribution in [3.8, 4) is 5.69 Å². The number of benzene rings is 2. The van der Waals surface area contributed by atoms with Gasteiger partial charge in [-0.2, -0.15) is 9.40 Å². The number of piperidine rings is 1. The number of fused-ring (bicyclic) bond motifs is 2. The van der Waals surface area contributed by atoms with Gasteiger partial charge in [0.2, 0.25) is 10.0 Å². The van der Waals surface area contributed by atoms with E-state index in [-0.39, 0.29) is 36.8 Å². The summed E-state index contributed by atoms with van der Waals surface area (Å²) in [7, 11) is -3.86. The number of carbonyl (C=O) groups excluding carboxylic acids is 1. The second-order valence-electron chi connectivity index (χ2n) is 10.4. The van der Waals surface area contributed by atoms with Gasteiger partial charge in [0.05, 0.1) is 29.1 Å². The molecule has 0 N–H and O–H groups in total. The van der Waals surface area contributed by atoms with Gasteiger partial charge in [-0.15, -0.1) is 0 Å². The Balaban J connectivity index is 1.35. The molecule has 8 nitrogen and oxygen atoms in total. The SMILES string of the molecule is CCOC(=O)C12Cc3cnn(-c4ccc(F)cc4)c3C=C1CCN(S(=O)(=O)c1cccc(N3CCCC3)c1)C2. The van der Waals surface area contributed by atoms with Gasteiger partial charge in [-0.3, -0.25) is 4.79 Å². The molecule has 0 saturated carbocycles. The minimum Gasteiger partial charge on any atom is -0.465 e. The molecule has 0 radical (unpaired) electrons. The summed E-state index contributed by atoms with van der Waals surface area (Å²) in [6.07, 6.45) is 6.48. The van der Waals surface area contributed by atoms with Crippen molar-refractivity contribution in [1.82, 2.24) is 14.1 Å². The maximum absolute atomic E-state index is 13.9. The molecule has 3 aliphatic rings. The first-order valence-corrected chi connectivity index (χ1v) is 14.8. The van der Waals surface area contributed by atoms with Crippen molar-refractivity contribution in [2.24, 2.45) is 5.41 Å². The fraction of sp³-hybridized carbons (Fsp3) is 0.379. The minimum absolute atomic E-state index is 0.00485. The van der Waals surface area contributed by atoms with E-state index in [9.17, 15) is 17.6 Å². The van der Waals surface area contributed by atoms with E-state index in [4.69, 9.17) is 4.74 Å². The molecule has 2 fully saturated rings. The summed E-state index contributed by atoms with van der Waals surface area (Å²) >= 11 is 0. The molecule has 2 aromatic carbocycles. The van der Waals surface area contributed by atoms with Gasteiger partial charge in [0, 0.05) is 31.9 Å². The molecule has 1 unspecified atom stereocenters. The first-order chi connectivity index (χ1) is 18.8. The Bertz CT molecular complexity index is 1540. The van der Waals surface area contributed by atoms with Gasteiger partial charge in [0.15, 0.2) is 0 Å². The number of ether oxygens (including phenoxy) is 1. The molecule has 0 spiro atoms. The Morgan fingerprint density at radius 1 is 1.08 bits per heavy atom. The number of nitrogens with zero attached hydrogens (tertiary/aromatic N) is 4. The largest absolute Gasteiger partial charge is 0.465 e. The number of rotatable bonds is 6. The summed E-state index contributed by atoms with van der Waals surface area (Å²) in [4.78, 5) is 16.0. The van der Waals surface area contributed by atoms with E-state index in [0.29, 0.717) is 12.1 Å². The van der Waals surface area contributed by atoms with Gasteiger partial charge < -0.3 is 9.64 Å². The van der Waals surface area contributed by atoms with Gasteiger partial charge in [0.25, 0.3) is 0 Å². The number of hydrogen-bond donors (Lipinski definition) is 0. The van der Waals surface area contributed by atoms with Crippen LogP contribution in [0.2, 0.25) is 0 Å². The number of esters is 1. The van der Waals surface area contributed by atoms with E-state index in [0.717, 1.165) is 48.4 Å². The Morgan fingerprint density at radius 2 is 1.85 bits per heavy atom. The van der Waals surface area contributed by atoms with Crippen molar-refractivity contribution in [3.05, 3.63) is 77.4 Å². The molecule has 1 atom stereocenters. The highest BCUT2D eigenvalue weighted by molar-refractivity contribution is 7.89. The van der Waals surface area contributed by atoms with Gasteiger partial charge in [0.1, 0.15) is 11.2 Å². The zero-order valence-electron chi connectivity index (χ0n) is 21.8. The molecule has 1 aromatic heterocycles. The summed E-state index contributed by atoms with van der Waals surface area (Å²) in [5.74, 6) is -0.763. The molecule has 3 heterocycles. The third-order valence-electron chi connectivity index (χ3n) is 8.04. The Kier molecular flexibility index (Phi) is 6.55. The van der Waals surface area contributed by atoms with Crippen LogP contribution in [0.25, 0.3) is 11.8 Å². The van der Waals surface area contributed by atoms with Crippen LogP contribution in [0.4, 0.5) is 10.1 Å². The monoisotopic (exact) mass is 550 g/mol. The molecule has 1 aliphatic carbocycles. The molecule has 39 heavy (non-hydrogen) atoms. The molecule has 10 heteroatoms. The van der Waals surface area contributed by atoms with E-state index in [2.05, 4.69) is 10.00 Å². The number of carbonyl (C=O) groups is 1. The molecule has 0 amide bonds. The van der Waals surface area contributed by atoms with Crippen molar-refractivity contribution < 1.29 is 22.3 Å². The molecular weight excluding hydrogens is 519 g/mol. The van der Waals surface area contributed by atoms with Crippen LogP contribution in [0.15, 0.2) is 65.2 Å². The highest BCUT2D eigenvalue weighted by Crippen LogP contribution is 2.46. The van der Waals surface area contributed by atoms with Crippen LogP contribution < -0.4 is 4.90 Å². The highest BCUT2D eigenvalue weighted by Gasteiger charge is 2.52. The lowest BCUT2D eigenvalue weighted by Crippen LogP contribution is -2.53. The van der Waals surface area contributed by atoms with Gasteiger partial charge >= 0.3 is 5.97 Å². The van der Waals surface area contributed by atoms with E-state index >= 15 is 0 Å². The Hall–Kier alpha value is -3.50. The molecule has 3 aromatic rings. The van der Waals surface area contributed by atoms with Crippen LogP contribution in [0.1, 0.15) is 37.4 Å². The number of halogens is 1. The summed E-state index contributed by atoms with van der Waals surface area (Å²) in [5, 5.41) is 4.52. The Morgan fingerprint density at radius 3 is 2.59 bits per heavy atom. The minimum atomic E-state index is -3.86. The van der Waals surface area contributed by atoms with Crippen LogP contribution in [0.3, 0.4) is 0 Å². The molecule has 2 saturated heterocycles. The van der Waals surface area contributed by atoms with Crippen LogP contribution in [-0.4, -0.2) is 61.3 Å². The number of sulfonamides is 1. The summed E-state index contributed by atoms with van der Waals surface area (Å²) in [5.41, 5.74) is 2.92. The van der Waals surface area contributed by atoms with Crippen molar-refractivity contribution in [3.63, 3.8) is 0 Å². The average Bonchev–Trinajstić information content (AvgIpc) is 3.62. The average molecular weight is 551 g/mol. The van der Waals surface area contributed by atoms with Crippen LogP contribution in [0.5, 0.6) is 0 Å². The lowest BCUT2D eigenvalue weighted by Gasteiger charge is -2.44. The van der Waals surface area contributed by atoms with Crippen LogP contribution in [-0.2, 0) is 26.0 Å². The fourth-order valence-electron chi connectivity index (χ4n) is 6.01. The second-order valence-corrected chi connectivity index (χ2v) is 12.3. The first-order valence-electron chi connectivity index (χ1n) is 13.4. The van der Waals surface area contributed by atoms with Crippen molar-refractivity contribution in [1.29, 1.82) is 0 Å². The van der Waals surface area contributed by atoms with E-state index in [1.54, 1.807) is 48.1 Å². The van der Waals surface area contributed by atoms with E-state index in [1.807, 2.05) is 12.1 Å². The normalized spacial score (nSPS) is 21.3. The zero-order chi connectivity index (χ0) is 27.2. The maximum Gasteiger partial charge on any atom is 0.317 e. The summed E-state index contributed by atoms with van der Waals surface area (Å²) in [6, 6.07) is 13.2. The van der Waals surface area contributed by atoms with Crippen LogP contribution in [0, 0.1) is 11.2 Å². The van der Waals surface area contributed by atoms with Crippen molar-refractivity contribution in [2.45, 2.75) is 37.5 Å². The van der Waals surface area contributed by atoms with Gasteiger partial charge in [-0.1, -0.05) is 6.07 Å². The topological polar surface area (TPSA) is 84.7 Å². The van der Waals surface area contributed by atoms with Crippen molar-refractivity contribution in [2.75, 3.05) is 37.7 Å². The number of aromatic nitrogens is 2. The molecule has 2 aliphatic heterocycles. The standard InChI is InChI=1S/C29H31FN4O4S/c1-2-38-28(35)29-18-21-19-31-34(24-10-8-23(30)9-11-24)27(21)16-22(29)12-15-33(20-29)39(36,37)26-7-5-6-25(17-26)32-13-3-4-14-32/h5-11,16-17,19H,2-4,12-15,18,20H2,1H3. The number of hydrogen-bond acceptors (Lipinski definition) is 6. The van der Waals surface area contributed by atoms with Gasteiger partial charge in [-0.05, 0) is 92.3 Å². The zero-order valence-corrected chi connectivity index (χ0v) is 22.7. The molecule has 0 bridgehead atoms. The lowest BCUT2D eigenvalue weighted by molar-refractivity contribution is -0.154. The smallest absolute Gasteiger partial charge is 0.317 e. The fourth-order valence-corrected chi connectivity index (χ4v) is 7.55. The second kappa shape index (κ2) is 9.91. The van der Waals surface area contributed by atoms with Gasteiger partial charge in [-0.25, -0.2) is 17.5 Å². The highest BCUT2D eigenvalue weighted by atomic mass is 32.2. The summed E-state index contributed by atoms with van der Waals surface area (Å²) in [6.45, 7) is 4.03.